The quantitative estimate of drug-likeness (QED) is 0.621. The van der Waals surface area contributed by atoms with Crippen LogP contribution >= 0.6 is 0 Å². The van der Waals surface area contributed by atoms with E-state index in [4.69, 9.17) is 4.74 Å². The number of aromatic nitrogens is 4. The summed E-state index contributed by atoms with van der Waals surface area (Å²) >= 11 is 0. The maximum atomic E-state index is 14.4. The van der Waals surface area contributed by atoms with Crippen molar-refractivity contribution in [2.45, 2.75) is 51.3 Å². The van der Waals surface area contributed by atoms with Gasteiger partial charge in [-0.1, -0.05) is 24.3 Å². The summed E-state index contributed by atoms with van der Waals surface area (Å²) in [6.45, 7) is 5.43. The third-order valence-corrected chi connectivity index (χ3v) is 4.70. The Morgan fingerprint density at radius 2 is 1.87 bits per heavy atom. The molecule has 1 saturated carbocycles. The first-order valence-corrected chi connectivity index (χ1v) is 10.2. The van der Waals surface area contributed by atoms with Gasteiger partial charge >= 0.3 is 6.09 Å². The van der Waals surface area contributed by atoms with Gasteiger partial charge in [-0.25, -0.2) is 9.18 Å². The van der Waals surface area contributed by atoms with E-state index in [1.54, 1.807) is 30.3 Å². The van der Waals surface area contributed by atoms with Crippen molar-refractivity contribution < 1.29 is 13.9 Å². The molecule has 0 spiro atoms. The average molecular weight is 424 g/mol. The van der Waals surface area contributed by atoms with E-state index in [9.17, 15) is 9.18 Å². The van der Waals surface area contributed by atoms with Gasteiger partial charge in [-0.3, -0.25) is 5.32 Å². The van der Waals surface area contributed by atoms with E-state index >= 15 is 0 Å². The van der Waals surface area contributed by atoms with Gasteiger partial charge in [0.05, 0.1) is 6.04 Å². The van der Waals surface area contributed by atoms with Gasteiger partial charge < -0.3 is 10.1 Å². The molecule has 1 fully saturated rings. The number of ether oxygens (including phenoxy) is 1. The molecule has 0 aliphatic heterocycles. The van der Waals surface area contributed by atoms with Crippen LogP contribution in [0.15, 0.2) is 48.5 Å². The second-order valence-corrected chi connectivity index (χ2v) is 8.52. The van der Waals surface area contributed by atoms with Crippen LogP contribution in [-0.2, 0) is 4.74 Å². The number of tetrazole rings is 1. The van der Waals surface area contributed by atoms with Gasteiger partial charge in [0, 0.05) is 11.7 Å². The maximum Gasteiger partial charge on any atom is 0.412 e. The Bertz CT molecular complexity index is 1060. The molecule has 1 aromatic heterocycles. The lowest BCUT2D eigenvalue weighted by Crippen LogP contribution is -2.28. The molecule has 0 saturated heterocycles. The summed E-state index contributed by atoms with van der Waals surface area (Å²) in [4.78, 5) is 12.0. The molecule has 0 bridgehead atoms. The summed E-state index contributed by atoms with van der Waals surface area (Å²) < 4.78 is 21.1. The standard InChI is InChI=1S/C22H25FN6O2/c1-22(2,3)31-21(30)25-16-10-8-14(9-11-16)19(24-15-12-13-15)20-26-27-28-29(20)18-7-5-4-6-17(18)23/h4-11,15,19,24H,12-13H2,1-3H3,(H,25,30). The van der Waals surface area contributed by atoms with Gasteiger partial charge in [0.2, 0.25) is 0 Å². The normalized spacial score (nSPS) is 14.8. The van der Waals surface area contributed by atoms with E-state index in [0.717, 1.165) is 18.4 Å². The number of nitrogens with zero attached hydrogens (tertiary/aromatic N) is 4. The molecule has 31 heavy (non-hydrogen) atoms. The number of halogens is 1. The van der Waals surface area contributed by atoms with E-state index < -0.39 is 17.5 Å². The van der Waals surface area contributed by atoms with Gasteiger partial charge in [-0.2, -0.15) is 4.68 Å². The molecule has 2 aromatic carbocycles. The molecule has 3 aromatic rings. The number of nitrogens with one attached hydrogen (secondary N) is 2. The zero-order valence-electron chi connectivity index (χ0n) is 17.7. The Morgan fingerprint density at radius 3 is 2.52 bits per heavy atom. The first-order valence-electron chi connectivity index (χ1n) is 10.2. The van der Waals surface area contributed by atoms with Crippen molar-refractivity contribution in [3.63, 3.8) is 0 Å². The lowest BCUT2D eigenvalue weighted by Gasteiger charge is -2.20. The topological polar surface area (TPSA) is 94.0 Å². The molecular formula is C22H25FN6O2. The molecule has 4 rings (SSSR count). The molecule has 1 unspecified atom stereocenters. The van der Waals surface area contributed by atoms with Crippen molar-refractivity contribution in [2.75, 3.05) is 5.32 Å². The molecule has 162 valence electrons. The second-order valence-electron chi connectivity index (χ2n) is 8.52. The molecule has 1 amide bonds. The molecule has 1 aliphatic carbocycles. The summed E-state index contributed by atoms with van der Waals surface area (Å²) in [5.41, 5.74) is 1.21. The SMILES string of the molecule is CC(C)(C)OC(=O)Nc1ccc(C(NC2CC2)c2nnnn2-c2ccccc2F)cc1. The summed E-state index contributed by atoms with van der Waals surface area (Å²) in [7, 11) is 0. The van der Waals surface area contributed by atoms with E-state index in [2.05, 4.69) is 26.2 Å². The Morgan fingerprint density at radius 1 is 1.16 bits per heavy atom. The van der Waals surface area contributed by atoms with Gasteiger partial charge in [-0.05, 0) is 73.9 Å². The highest BCUT2D eigenvalue weighted by atomic mass is 19.1. The predicted octanol–water partition coefficient (Wildman–Crippen LogP) is 3.99. The highest BCUT2D eigenvalue weighted by Crippen LogP contribution is 2.29. The van der Waals surface area contributed by atoms with E-state index in [0.29, 0.717) is 17.6 Å². The third-order valence-electron chi connectivity index (χ3n) is 4.70. The number of hydrogen-bond acceptors (Lipinski definition) is 6. The minimum absolute atomic E-state index is 0.285. The first kappa shape index (κ1) is 20.9. The number of anilines is 1. The van der Waals surface area contributed by atoms with Crippen LogP contribution in [0.1, 0.15) is 51.0 Å². The molecule has 1 atom stereocenters. The van der Waals surface area contributed by atoms with E-state index in [-0.39, 0.29) is 11.7 Å². The highest BCUT2D eigenvalue weighted by Gasteiger charge is 2.30. The fraction of sp³-hybridized carbons (Fsp3) is 0.364. The number of amides is 1. The van der Waals surface area contributed by atoms with Gasteiger partial charge in [0.25, 0.3) is 0 Å². The zero-order valence-corrected chi connectivity index (χ0v) is 17.7. The molecule has 0 radical (unpaired) electrons. The fourth-order valence-electron chi connectivity index (χ4n) is 3.16. The summed E-state index contributed by atoms with van der Waals surface area (Å²) in [6, 6.07) is 13.7. The molecule has 9 heteroatoms. The van der Waals surface area contributed by atoms with Gasteiger partial charge in [0.1, 0.15) is 17.1 Å². The number of hydrogen-bond donors (Lipinski definition) is 2. The Labute approximate surface area is 179 Å². The number of para-hydroxylation sites is 1. The van der Waals surface area contributed by atoms with E-state index in [1.807, 2.05) is 32.9 Å². The van der Waals surface area contributed by atoms with Crippen LogP contribution in [0.25, 0.3) is 5.69 Å². The van der Waals surface area contributed by atoms with Crippen molar-refractivity contribution in [3.05, 3.63) is 65.7 Å². The minimum Gasteiger partial charge on any atom is -0.444 e. The minimum atomic E-state index is -0.576. The smallest absolute Gasteiger partial charge is 0.412 e. The molecule has 8 nitrogen and oxygen atoms in total. The van der Waals surface area contributed by atoms with Gasteiger partial charge in [0.15, 0.2) is 5.82 Å². The number of benzene rings is 2. The fourth-order valence-corrected chi connectivity index (χ4v) is 3.16. The van der Waals surface area contributed by atoms with Crippen molar-refractivity contribution in [2.24, 2.45) is 0 Å². The Balaban J connectivity index is 1.59. The third kappa shape index (κ3) is 5.24. The van der Waals surface area contributed by atoms with Crippen LogP contribution in [0.4, 0.5) is 14.9 Å². The largest absolute Gasteiger partial charge is 0.444 e. The van der Waals surface area contributed by atoms with Crippen LogP contribution < -0.4 is 10.6 Å². The zero-order chi connectivity index (χ0) is 22.0. The molecule has 1 aliphatic rings. The monoisotopic (exact) mass is 424 g/mol. The number of carbonyl (C=O) groups is 1. The molecule has 2 N–H and O–H groups in total. The second kappa shape index (κ2) is 8.43. The summed E-state index contributed by atoms with van der Waals surface area (Å²) in [5, 5.41) is 18.2. The van der Waals surface area contributed by atoms with Crippen LogP contribution in [0.3, 0.4) is 0 Å². The summed E-state index contributed by atoms with van der Waals surface area (Å²) in [6.07, 6.45) is 1.61. The van der Waals surface area contributed by atoms with Crippen molar-refractivity contribution in [3.8, 4) is 5.69 Å². The molecular weight excluding hydrogens is 399 g/mol. The number of rotatable bonds is 6. The van der Waals surface area contributed by atoms with Crippen molar-refractivity contribution in [1.29, 1.82) is 0 Å². The van der Waals surface area contributed by atoms with Crippen molar-refractivity contribution in [1.82, 2.24) is 25.5 Å². The lowest BCUT2D eigenvalue weighted by atomic mass is 10.1. The predicted molar refractivity (Wildman–Crippen MR) is 113 cm³/mol. The van der Waals surface area contributed by atoms with Crippen LogP contribution in [-0.4, -0.2) is 37.9 Å². The first-order chi connectivity index (χ1) is 14.8. The maximum absolute atomic E-state index is 14.4. The highest BCUT2D eigenvalue weighted by molar-refractivity contribution is 5.84. The van der Waals surface area contributed by atoms with Crippen LogP contribution in [0, 0.1) is 5.82 Å². The average Bonchev–Trinajstić information content (AvgIpc) is 3.40. The van der Waals surface area contributed by atoms with E-state index in [1.165, 1.54) is 10.7 Å². The summed E-state index contributed by atoms with van der Waals surface area (Å²) in [5.74, 6) is 0.0861. The molecule has 1 heterocycles. The Kier molecular flexibility index (Phi) is 5.69. The van der Waals surface area contributed by atoms with Crippen LogP contribution in [0.2, 0.25) is 0 Å². The van der Waals surface area contributed by atoms with Gasteiger partial charge in [-0.15, -0.1) is 5.10 Å². The Hall–Kier alpha value is -3.33. The lowest BCUT2D eigenvalue weighted by molar-refractivity contribution is 0.0636. The number of carbonyl (C=O) groups excluding carboxylic acids is 1. The van der Waals surface area contributed by atoms with Crippen LogP contribution in [0.5, 0.6) is 0 Å². The van der Waals surface area contributed by atoms with Crippen molar-refractivity contribution >= 4 is 11.8 Å².